The third kappa shape index (κ3) is 3.22. The quantitative estimate of drug-likeness (QED) is 0.792. The van der Waals surface area contributed by atoms with E-state index in [0.29, 0.717) is 12.0 Å². The molecule has 0 bridgehead atoms. The Morgan fingerprint density at radius 2 is 1.50 bits per heavy atom. The topological polar surface area (TPSA) is 69.2 Å². The maximum atomic E-state index is 4.96. The van der Waals surface area contributed by atoms with Gasteiger partial charge in [0.1, 0.15) is 0 Å². The zero-order valence-electron chi connectivity index (χ0n) is 10.1. The zero-order valence-corrected chi connectivity index (χ0v) is 10.1. The summed E-state index contributed by atoms with van der Waals surface area (Å²) in [6.45, 7) is 4.22. The Morgan fingerprint density at radius 1 is 1.00 bits per heavy atom. The molecular formula is C10H18N4O2. The molecule has 1 heterocycles. The lowest BCUT2D eigenvalue weighted by molar-refractivity contribution is 0.340. The van der Waals surface area contributed by atoms with Gasteiger partial charge in [0.2, 0.25) is 5.95 Å². The van der Waals surface area contributed by atoms with Crippen molar-refractivity contribution < 1.29 is 9.47 Å². The van der Waals surface area contributed by atoms with E-state index in [-0.39, 0.29) is 12.0 Å². The summed E-state index contributed by atoms with van der Waals surface area (Å²) in [6, 6.07) is 0.845. The SMILES string of the molecule is CCC(CC)Nc1nc(OC)nc(OC)n1. The summed E-state index contributed by atoms with van der Waals surface area (Å²) < 4.78 is 9.93. The van der Waals surface area contributed by atoms with Gasteiger partial charge < -0.3 is 14.8 Å². The van der Waals surface area contributed by atoms with Crippen LogP contribution in [0.15, 0.2) is 0 Å². The first-order chi connectivity index (χ1) is 7.73. The molecule has 0 aliphatic rings. The van der Waals surface area contributed by atoms with Gasteiger partial charge >= 0.3 is 12.0 Å². The molecule has 1 aromatic rings. The van der Waals surface area contributed by atoms with Crippen LogP contribution in [-0.2, 0) is 0 Å². The molecule has 90 valence electrons. The van der Waals surface area contributed by atoms with Gasteiger partial charge in [0, 0.05) is 6.04 Å². The molecule has 6 heteroatoms. The fourth-order valence-corrected chi connectivity index (χ4v) is 1.26. The van der Waals surface area contributed by atoms with Crippen molar-refractivity contribution in [3.63, 3.8) is 0 Å². The molecule has 0 amide bonds. The molecule has 0 atom stereocenters. The third-order valence-corrected chi connectivity index (χ3v) is 2.28. The van der Waals surface area contributed by atoms with Crippen molar-refractivity contribution >= 4 is 5.95 Å². The number of hydrogen-bond donors (Lipinski definition) is 1. The van der Waals surface area contributed by atoms with Crippen molar-refractivity contribution in [3.8, 4) is 12.0 Å². The first-order valence-corrected chi connectivity index (χ1v) is 5.34. The summed E-state index contributed by atoms with van der Waals surface area (Å²) in [4.78, 5) is 12.1. The number of nitrogens with one attached hydrogen (secondary N) is 1. The van der Waals surface area contributed by atoms with Gasteiger partial charge in [-0.05, 0) is 12.8 Å². The Balaban J connectivity index is 2.85. The third-order valence-electron chi connectivity index (χ3n) is 2.28. The summed E-state index contributed by atoms with van der Waals surface area (Å²) in [5.74, 6) is 0.484. The molecule has 0 spiro atoms. The number of hydrogen-bond acceptors (Lipinski definition) is 6. The molecule has 0 saturated heterocycles. The summed E-state index contributed by atoms with van der Waals surface area (Å²) in [5, 5.41) is 3.21. The molecule has 6 nitrogen and oxygen atoms in total. The predicted octanol–water partition coefficient (Wildman–Crippen LogP) is 1.49. The van der Waals surface area contributed by atoms with E-state index in [0.717, 1.165) is 12.8 Å². The molecule has 0 aliphatic heterocycles. The van der Waals surface area contributed by atoms with Crippen LogP contribution in [0.4, 0.5) is 5.95 Å². The highest BCUT2D eigenvalue weighted by Crippen LogP contribution is 2.14. The minimum absolute atomic E-state index is 0.250. The molecule has 0 saturated carbocycles. The standard InChI is InChI=1S/C10H18N4O2/c1-5-7(6-2)11-8-12-9(15-3)14-10(13-8)16-4/h7H,5-6H2,1-4H3,(H,11,12,13,14). The van der Waals surface area contributed by atoms with E-state index in [2.05, 4.69) is 34.1 Å². The number of rotatable bonds is 6. The maximum absolute atomic E-state index is 4.96. The first-order valence-electron chi connectivity index (χ1n) is 5.34. The number of nitrogens with zero attached hydrogens (tertiary/aromatic N) is 3. The molecule has 1 rings (SSSR count). The second kappa shape index (κ2) is 6.09. The number of ether oxygens (including phenoxy) is 2. The van der Waals surface area contributed by atoms with E-state index in [1.165, 1.54) is 14.2 Å². The van der Waals surface area contributed by atoms with Gasteiger partial charge in [-0.3, -0.25) is 0 Å². The molecular weight excluding hydrogens is 208 g/mol. The van der Waals surface area contributed by atoms with Gasteiger partial charge in [-0.25, -0.2) is 0 Å². The molecule has 0 aromatic carbocycles. The minimum atomic E-state index is 0.250. The largest absolute Gasteiger partial charge is 0.467 e. The highest BCUT2D eigenvalue weighted by atomic mass is 16.5. The van der Waals surface area contributed by atoms with Gasteiger partial charge in [0.05, 0.1) is 14.2 Å². The molecule has 0 fully saturated rings. The first kappa shape index (κ1) is 12.5. The van der Waals surface area contributed by atoms with E-state index in [1.54, 1.807) is 0 Å². The van der Waals surface area contributed by atoms with Gasteiger partial charge in [-0.2, -0.15) is 9.97 Å². The van der Waals surface area contributed by atoms with Gasteiger partial charge in [0.15, 0.2) is 0 Å². The molecule has 1 N–H and O–H groups in total. The molecule has 0 aliphatic carbocycles. The van der Waals surface area contributed by atoms with Crippen LogP contribution in [0, 0.1) is 0 Å². The van der Waals surface area contributed by atoms with E-state index in [4.69, 9.17) is 9.47 Å². The summed E-state index contributed by atoms with van der Waals surface area (Å²) in [5.41, 5.74) is 0. The lowest BCUT2D eigenvalue weighted by Crippen LogP contribution is -2.19. The van der Waals surface area contributed by atoms with Crippen LogP contribution in [0.2, 0.25) is 0 Å². The molecule has 16 heavy (non-hydrogen) atoms. The Kier molecular flexibility index (Phi) is 4.75. The van der Waals surface area contributed by atoms with Crippen molar-refractivity contribution in [1.82, 2.24) is 15.0 Å². The van der Waals surface area contributed by atoms with E-state index >= 15 is 0 Å². The molecule has 0 radical (unpaired) electrons. The van der Waals surface area contributed by atoms with Crippen molar-refractivity contribution in [2.75, 3.05) is 19.5 Å². The molecule has 0 unspecified atom stereocenters. The monoisotopic (exact) mass is 226 g/mol. The van der Waals surface area contributed by atoms with Crippen LogP contribution in [-0.4, -0.2) is 35.2 Å². The maximum Gasteiger partial charge on any atom is 0.324 e. The van der Waals surface area contributed by atoms with Crippen LogP contribution in [0.1, 0.15) is 26.7 Å². The average Bonchev–Trinajstić information content (AvgIpc) is 2.35. The summed E-state index contributed by atoms with van der Waals surface area (Å²) in [6.07, 6.45) is 2.01. The fraction of sp³-hybridized carbons (Fsp3) is 0.700. The van der Waals surface area contributed by atoms with Crippen LogP contribution in [0.5, 0.6) is 12.0 Å². The van der Waals surface area contributed by atoms with Crippen molar-refractivity contribution in [3.05, 3.63) is 0 Å². The average molecular weight is 226 g/mol. The van der Waals surface area contributed by atoms with Crippen LogP contribution in [0.3, 0.4) is 0 Å². The lowest BCUT2D eigenvalue weighted by atomic mass is 10.2. The fourth-order valence-electron chi connectivity index (χ4n) is 1.26. The van der Waals surface area contributed by atoms with Crippen LogP contribution in [0.25, 0.3) is 0 Å². The van der Waals surface area contributed by atoms with Gasteiger partial charge in [0.25, 0.3) is 0 Å². The lowest BCUT2D eigenvalue weighted by Gasteiger charge is -2.14. The molecule has 1 aromatic heterocycles. The number of anilines is 1. The highest BCUT2D eigenvalue weighted by molar-refractivity contribution is 5.28. The van der Waals surface area contributed by atoms with Crippen LogP contribution < -0.4 is 14.8 Å². The van der Waals surface area contributed by atoms with Gasteiger partial charge in [-0.15, -0.1) is 4.98 Å². The van der Waals surface area contributed by atoms with Gasteiger partial charge in [-0.1, -0.05) is 13.8 Å². The van der Waals surface area contributed by atoms with Crippen molar-refractivity contribution in [2.45, 2.75) is 32.7 Å². The van der Waals surface area contributed by atoms with E-state index in [1.807, 2.05) is 0 Å². The predicted molar refractivity (Wildman–Crippen MR) is 60.9 cm³/mol. The Hall–Kier alpha value is -1.59. The number of aromatic nitrogens is 3. The Morgan fingerprint density at radius 3 is 1.88 bits per heavy atom. The van der Waals surface area contributed by atoms with E-state index < -0.39 is 0 Å². The highest BCUT2D eigenvalue weighted by Gasteiger charge is 2.10. The van der Waals surface area contributed by atoms with Crippen LogP contribution >= 0.6 is 0 Å². The Labute approximate surface area is 95.4 Å². The van der Waals surface area contributed by atoms with E-state index in [9.17, 15) is 0 Å². The summed E-state index contributed by atoms with van der Waals surface area (Å²) in [7, 11) is 3.02. The Bertz CT molecular complexity index is 306. The second-order valence-electron chi connectivity index (χ2n) is 3.29. The zero-order chi connectivity index (χ0) is 12.0. The number of methoxy groups -OCH3 is 2. The normalized spacial score (nSPS) is 10.3. The van der Waals surface area contributed by atoms with Crippen molar-refractivity contribution in [2.24, 2.45) is 0 Å². The minimum Gasteiger partial charge on any atom is -0.467 e. The summed E-state index contributed by atoms with van der Waals surface area (Å²) >= 11 is 0. The second-order valence-corrected chi connectivity index (χ2v) is 3.29. The van der Waals surface area contributed by atoms with Crippen molar-refractivity contribution in [1.29, 1.82) is 0 Å². The smallest absolute Gasteiger partial charge is 0.324 e.